The van der Waals surface area contributed by atoms with Crippen LogP contribution in [0.3, 0.4) is 0 Å². The molecule has 0 saturated heterocycles. The van der Waals surface area contributed by atoms with Crippen molar-refractivity contribution in [1.82, 2.24) is 4.98 Å². The molecular weight excluding hydrogens is 535 g/mol. The van der Waals surface area contributed by atoms with Crippen molar-refractivity contribution >= 4 is 73.1 Å². The van der Waals surface area contributed by atoms with Crippen molar-refractivity contribution in [3.05, 3.63) is 83.3 Å². The zero-order chi connectivity index (χ0) is 23.9. The van der Waals surface area contributed by atoms with Crippen LogP contribution in [0.25, 0.3) is 22.2 Å². The van der Waals surface area contributed by atoms with Crippen LogP contribution in [0.5, 0.6) is 0 Å². The topological polar surface area (TPSA) is 57.3 Å². The van der Waals surface area contributed by atoms with E-state index in [1.807, 2.05) is 78.9 Å². The summed E-state index contributed by atoms with van der Waals surface area (Å²) >= 11 is 15.3. The number of anilines is 3. The molecule has 0 aliphatic carbocycles. The second-order valence-corrected chi connectivity index (χ2v) is 9.25. The molecule has 0 bridgehead atoms. The van der Waals surface area contributed by atoms with E-state index in [9.17, 15) is 4.79 Å². The quantitative estimate of drug-likeness (QED) is 0.219. The number of nitrogens with one attached hydrogen (secondary N) is 2. The first-order valence-corrected chi connectivity index (χ1v) is 12.6. The monoisotopic (exact) mass is 556 g/mol. The van der Waals surface area contributed by atoms with Crippen LogP contribution < -0.4 is 15.5 Å². The molecule has 34 heavy (non-hydrogen) atoms. The van der Waals surface area contributed by atoms with Crippen LogP contribution in [0.1, 0.15) is 0 Å². The third-order valence-electron chi connectivity index (χ3n) is 5.28. The number of para-hydroxylation sites is 1. The van der Waals surface area contributed by atoms with Crippen LogP contribution in [0.15, 0.2) is 83.3 Å². The Morgan fingerprint density at radius 3 is 2.32 bits per heavy atom. The largest absolute Gasteiger partial charge is 0.369 e. The Kier molecular flexibility index (Phi) is 8.27. The molecule has 0 saturated carbocycles. The Balaban J connectivity index is 1.55. The van der Waals surface area contributed by atoms with Crippen molar-refractivity contribution in [3.8, 4) is 11.3 Å². The molecule has 0 spiro atoms. The van der Waals surface area contributed by atoms with Crippen LogP contribution in [0.2, 0.25) is 0 Å². The fourth-order valence-corrected chi connectivity index (χ4v) is 4.50. The second kappa shape index (κ2) is 11.6. The lowest BCUT2D eigenvalue weighted by atomic mass is 10.1. The predicted molar refractivity (Wildman–Crippen MR) is 148 cm³/mol. The van der Waals surface area contributed by atoms with Gasteiger partial charge in [0.25, 0.3) is 0 Å². The summed E-state index contributed by atoms with van der Waals surface area (Å²) < 4.78 is 0.964. The van der Waals surface area contributed by atoms with Gasteiger partial charge in [0, 0.05) is 51.6 Å². The number of benzene rings is 3. The Morgan fingerprint density at radius 2 is 1.62 bits per heavy atom. The number of amides is 2. The fraction of sp³-hybridized carbons (Fsp3) is 0.154. The minimum absolute atomic E-state index is 0.331. The van der Waals surface area contributed by atoms with Gasteiger partial charge in [0.15, 0.2) is 0 Å². The Bertz CT molecular complexity index is 1280. The van der Waals surface area contributed by atoms with Crippen molar-refractivity contribution in [1.29, 1.82) is 0 Å². The van der Waals surface area contributed by atoms with E-state index in [1.54, 1.807) is 0 Å². The Hall–Kier alpha value is -2.80. The minimum atomic E-state index is -0.331. The van der Waals surface area contributed by atoms with Crippen molar-refractivity contribution < 1.29 is 4.79 Å². The zero-order valence-electron chi connectivity index (χ0n) is 18.3. The molecule has 0 fully saturated rings. The van der Waals surface area contributed by atoms with E-state index in [0.717, 1.165) is 32.3 Å². The van der Waals surface area contributed by atoms with Gasteiger partial charge in [0.05, 0.1) is 16.9 Å². The van der Waals surface area contributed by atoms with Crippen LogP contribution in [-0.4, -0.2) is 35.9 Å². The first-order valence-electron chi connectivity index (χ1n) is 10.8. The minimum Gasteiger partial charge on any atom is -0.369 e. The van der Waals surface area contributed by atoms with Gasteiger partial charge in [-0.1, -0.05) is 46.3 Å². The molecule has 4 aromatic rings. The lowest BCUT2D eigenvalue weighted by Gasteiger charge is -2.23. The van der Waals surface area contributed by atoms with Crippen LogP contribution in [0.4, 0.5) is 21.9 Å². The summed E-state index contributed by atoms with van der Waals surface area (Å²) in [6.45, 7) is 1.41. The van der Waals surface area contributed by atoms with Gasteiger partial charge in [-0.3, -0.25) is 0 Å². The van der Waals surface area contributed by atoms with E-state index in [0.29, 0.717) is 36.2 Å². The zero-order valence-corrected chi connectivity index (χ0v) is 21.4. The lowest BCUT2D eigenvalue weighted by molar-refractivity contribution is 0.262. The van der Waals surface area contributed by atoms with Gasteiger partial charge in [0.1, 0.15) is 0 Å². The second-order valence-electron chi connectivity index (χ2n) is 7.57. The van der Waals surface area contributed by atoms with E-state index < -0.39 is 0 Å². The molecule has 1 aromatic heterocycles. The van der Waals surface area contributed by atoms with Gasteiger partial charge in [-0.25, -0.2) is 9.78 Å². The molecule has 0 aliphatic heterocycles. The summed E-state index contributed by atoms with van der Waals surface area (Å²) in [5.41, 5.74) is 4.91. The average molecular weight is 558 g/mol. The first kappa shape index (κ1) is 24.3. The average Bonchev–Trinajstić information content (AvgIpc) is 2.84. The maximum Gasteiger partial charge on any atom is 0.323 e. The van der Waals surface area contributed by atoms with E-state index in [1.165, 1.54) is 0 Å². The number of hydrogen-bond acceptors (Lipinski definition) is 3. The smallest absolute Gasteiger partial charge is 0.323 e. The van der Waals surface area contributed by atoms with Gasteiger partial charge < -0.3 is 15.5 Å². The summed E-state index contributed by atoms with van der Waals surface area (Å²) in [4.78, 5) is 19.7. The number of carbonyl (C=O) groups is 1. The molecule has 3 aromatic carbocycles. The van der Waals surface area contributed by atoms with E-state index >= 15 is 0 Å². The molecule has 0 radical (unpaired) electrons. The number of aromatic nitrogens is 1. The Morgan fingerprint density at radius 1 is 0.882 bits per heavy atom. The number of rotatable bonds is 8. The molecule has 5 nitrogen and oxygen atoms in total. The van der Waals surface area contributed by atoms with Crippen molar-refractivity contribution in [2.24, 2.45) is 0 Å². The standard InChI is InChI=1S/C26H23BrCl2N4O/c27-19-5-3-4-18(16-19)24-17-25(22-6-1-2-7-23(22)31-24)32-26(34)30-20-8-10-21(11-9-20)33(14-12-28)15-13-29/h1-11,16-17H,12-15H2,(H2,30,31,32,34). The van der Waals surface area contributed by atoms with E-state index in [2.05, 4.69) is 31.5 Å². The maximum absolute atomic E-state index is 12.9. The summed E-state index contributed by atoms with van der Waals surface area (Å²) in [6, 6.07) is 24.8. The fourth-order valence-electron chi connectivity index (χ4n) is 3.69. The molecule has 2 amide bonds. The van der Waals surface area contributed by atoms with Crippen molar-refractivity contribution in [3.63, 3.8) is 0 Å². The Labute approximate surface area is 217 Å². The van der Waals surface area contributed by atoms with E-state index in [4.69, 9.17) is 28.2 Å². The highest BCUT2D eigenvalue weighted by Crippen LogP contribution is 2.30. The van der Waals surface area contributed by atoms with Crippen LogP contribution in [-0.2, 0) is 0 Å². The molecule has 0 atom stereocenters. The van der Waals surface area contributed by atoms with Crippen molar-refractivity contribution in [2.45, 2.75) is 0 Å². The molecule has 0 aliphatic rings. The highest BCUT2D eigenvalue weighted by Gasteiger charge is 2.12. The normalized spacial score (nSPS) is 10.8. The van der Waals surface area contributed by atoms with E-state index in [-0.39, 0.29) is 6.03 Å². The molecule has 0 unspecified atom stereocenters. The number of nitrogens with zero attached hydrogens (tertiary/aromatic N) is 2. The number of halogens is 3. The molecule has 2 N–H and O–H groups in total. The number of urea groups is 1. The van der Waals surface area contributed by atoms with Gasteiger partial charge in [-0.15, -0.1) is 23.2 Å². The van der Waals surface area contributed by atoms with Crippen LogP contribution in [0, 0.1) is 0 Å². The number of alkyl halides is 2. The van der Waals surface area contributed by atoms with Gasteiger partial charge in [0.2, 0.25) is 0 Å². The molecule has 4 rings (SSSR count). The summed E-state index contributed by atoms with van der Waals surface area (Å²) in [5, 5.41) is 6.76. The first-order chi connectivity index (χ1) is 16.6. The molecule has 174 valence electrons. The van der Waals surface area contributed by atoms with Gasteiger partial charge in [-0.05, 0) is 48.5 Å². The van der Waals surface area contributed by atoms with Gasteiger partial charge >= 0.3 is 6.03 Å². The number of hydrogen-bond donors (Lipinski definition) is 2. The third kappa shape index (κ3) is 6.00. The van der Waals surface area contributed by atoms with Crippen molar-refractivity contribution in [2.75, 3.05) is 40.4 Å². The number of fused-ring (bicyclic) bond motifs is 1. The van der Waals surface area contributed by atoms with Gasteiger partial charge in [-0.2, -0.15) is 0 Å². The lowest BCUT2D eigenvalue weighted by Crippen LogP contribution is -2.27. The third-order valence-corrected chi connectivity index (χ3v) is 6.12. The molecule has 8 heteroatoms. The van der Waals surface area contributed by atoms with Crippen LogP contribution >= 0.6 is 39.1 Å². The summed E-state index contributed by atoms with van der Waals surface area (Å²) in [6.07, 6.45) is 0. The predicted octanol–water partition coefficient (Wildman–Crippen LogP) is 7.59. The summed E-state index contributed by atoms with van der Waals surface area (Å²) in [5.74, 6) is 1.03. The molecule has 1 heterocycles. The molecular formula is C26H23BrCl2N4O. The number of pyridine rings is 1. The maximum atomic E-state index is 12.9. The SMILES string of the molecule is O=C(Nc1ccc(N(CCCl)CCCl)cc1)Nc1cc(-c2cccc(Br)c2)nc2ccccc12. The highest BCUT2D eigenvalue weighted by atomic mass is 79.9. The summed E-state index contributed by atoms with van der Waals surface area (Å²) in [7, 11) is 0. The highest BCUT2D eigenvalue weighted by molar-refractivity contribution is 9.10. The number of carbonyl (C=O) groups excluding carboxylic acids is 1.